The monoisotopic (exact) mass is 1690 g/mol. The van der Waals surface area contributed by atoms with Gasteiger partial charge in [-0.2, -0.15) is 0 Å². The lowest BCUT2D eigenvalue weighted by Gasteiger charge is -2.25. The minimum Gasteiger partial charge on any atom is -0.310 e. The molecule has 10 heteroatoms. The number of anilines is 3. The Bertz CT molecular complexity index is 9150. The van der Waals surface area contributed by atoms with E-state index < -0.39 is 0 Å². The molecule has 27 aromatic rings. The van der Waals surface area contributed by atoms with Gasteiger partial charge in [-0.25, -0.2) is 15.0 Å². The van der Waals surface area contributed by atoms with Crippen LogP contribution in [0.3, 0.4) is 0 Å². The summed E-state index contributed by atoms with van der Waals surface area (Å²) in [6.45, 7) is 0. The van der Waals surface area contributed by atoms with E-state index in [4.69, 9.17) is 15.0 Å². The first kappa shape index (κ1) is 75.2. The van der Waals surface area contributed by atoms with E-state index in [0.717, 1.165) is 178 Å². The molecule has 0 aliphatic carbocycles. The van der Waals surface area contributed by atoms with Gasteiger partial charge >= 0.3 is 0 Å². The molecule has 27 rings (SSSR count). The molecule has 7 heterocycles. The Morgan fingerprint density at radius 2 is 0.331 bits per heavy atom. The summed E-state index contributed by atoms with van der Waals surface area (Å²) >= 11 is 0. The molecule has 0 unspecified atom stereocenters. The normalized spacial score (nSPS) is 11.9. The van der Waals surface area contributed by atoms with Gasteiger partial charge in [-0.3, -0.25) is 0 Å². The minimum absolute atomic E-state index is 0.536. The van der Waals surface area contributed by atoms with Gasteiger partial charge in [0.2, 0.25) is 0 Å². The van der Waals surface area contributed by atoms with Crippen LogP contribution >= 0.6 is 0 Å². The molecule has 0 radical (unpaired) electrons. The number of aromatic nitrogens is 9. The van der Waals surface area contributed by atoms with Crippen LogP contribution in [0.5, 0.6) is 0 Å². The van der Waals surface area contributed by atoms with Crippen LogP contribution in [-0.4, -0.2) is 42.4 Å². The molecule has 7 aromatic heterocycles. The smallest absolute Gasteiger partial charge is 0.164 e. The van der Waals surface area contributed by atoms with Gasteiger partial charge in [-0.1, -0.05) is 255 Å². The van der Waals surface area contributed by atoms with Crippen molar-refractivity contribution in [1.82, 2.24) is 42.4 Å². The maximum atomic E-state index is 5.67. The molecule has 0 atom stereocenters. The van der Waals surface area contributed by atoms with Crippen molar-refractivity contribution < 1.29 is 0 Å². The van der Waals surface area contributed by atoms with E-state index in [-0.39, 0.29) is 0 Å². The van der Waals surface area contributed by atoms with Crippen molar-refractivity contribution in [3.8, 4) is 102 Å². The lowest BCUT2D eigenvalue weighted by atomic mass is 9.98. The fraction of sp³-hybridized carbons (Fsp3) is 0. The third-order valence-electron chi connectivity index (χ3n) is 27.2. The largest absolute Gasteiger partial charge is 0.310 e. The quantitative estimate of drug-likeness (QED) is 0.103. The topological polar surface area (TPSA) is 71.5 Å². The maximum Gasteiger partial charge on any atom is 0.164 e. The summed E-state index contributed by atoms with van der Waals surface area (Å²) in [5.41, 5.74) is 32.4. The first-order chi connectivity index (χ1) is 65.9. The van der Waals surface area contributed by atoms with Crippen LogP contribution in [0.15, 0.2) is 473 Å². The van der Waals surface area contributed by atoms with Gasteiger partial charge in [0, 0.05) is 133 Å². The molecule has 133 heavy (non-hydrogen) atoms. The second-order valence-corrected chi connectivity index (χ2v) is 34.7. The van der Waals surface area contributed by atoms with E-state index >= 15 is 0 Å². The van der Waals surface area contributed by atoms with Crippen LogP contribution in [-0.2, 0) is 0 Å². The SMILES string of the molecule is c1ccc(N(c2ccccc2)c2ccc3c(c2)c2ccccc2n3-c2cccc(-c3nc(-c4cccc(-n5c6ccccc6c6cc(-c7ccc8c(c7)c7ccccc7n8-c7ccccc7)ccc65)c4)nc(-c4cccc(-n5c6ccc(-c7ccc8c(c7)c7ccccc7n8-c7ccccc7)cc6c6cc(-c7ccc8c(c7)c7ccccc7n8-c7ccccc7)ccc65)c4)n3)c2)cc1. The van der Waals surface area contributed by atoms with Crippen LogP contribution in [0.4, 0.5) is 17.1 Å². The number of rotatable bonds is 15. The van der Waals surface area contributed by atoms with Crippen LogP contribution in [0.1, 0.15) is 0 Å². The standard InChI is InChI=1S/C123H78N10/c1-6-32-88(33-7-1)127(89-34-8-2-9-35-89)96-61-68-120-108(78-96)101-49-20-25-54-113(101)132(120)94-43-27-30-86(70-94)122-124-121(85-29-26-42-93(69-85)131-112-53-24-19-48-100(112)105-75-80(58-65-117(105)131)79-55-62-114-102(72-79)97-45-16-21-50-109(97)128(114)90-36-10-3-11-37-90)125-123(126-122)87-31-28-44-95(71-87)133-118-66-59-83(81-56-63-115-103(73-81)98-46-17-22-51-110(98)129(115)91-38-12-4-13-39-91)76-106(118)107-77-84(60-67-119(107)133)82-57-64-116-104(74-82)99-47-18-23-52-111(99)130(116)92-40-14-5-15-41-92/h1-78H. The molecule has 10 nitrogen and oxygen atoms in total. The molecule has 0 spiro atoms. The molecule has 0 amide bonds. The van der Waals surface area contributed by atoms with Gasteiger partial charge < -0.3 is 32.3 Å². The van der Waals surface area contributed by atoms with E-state index in [0.29, 0.717) is 17.5 Å². The summed E-state index contributed by atoms with van der Waals surface area (Å²) < 4.78 is 14.4. The van der Waals surface area contributed by atoms with E-state index in [9.17, 15) is 0 Å². The summed E-state index contributed by atoms with van der Waals surface area (Å²) in [4.78, 5) is 19.3. The van der Waals surface area contributed by atoms with Gasteiger partial charge in [-0.05, 0) is 252 Å². The number of para-hydroxylation sites is 10. The molecule has 0 fully saturated rings. The van der Waals surface area contributed by atoms with E-state index in [2.05, 4.69) is 505 Å². The van der Waals surface area contributed by atoms with Gasteiger partial charge in [0.25, 0.3) is 0 Å². The first-order valence-electron chi connectivity index (χ1n) is 45.4. The summed E-state index contributed by atoms with van der Waals surface area (Å²) in [5.74, 6) is 1.61. The van der Waals surface area contributed by atoms with Crippen molar-refractivity contribution in [2.24, 2.45) is 0 Å². The van der Waals surface area contributed by atoms with Gasteiger partial charge in [0.15, 0.2) is 17.5 Å². The predicted molar refractivity (Wildman–Crippen MR) is 553 cm³/mol. The van der Waals surface area contributed by atoms with E-state index in [1.807, 2.05) is 0 Å². The number of hydrogen-bond donors (Lipinski definition) is 0. The van der Waals surface area contributed by atoms with Crippen molar-refractivity contribution in [3.63, 3.8) is 0 Å². The summed E-state index contributed by atoms with van der Waals surface area (Å²) in [6, 6.07) is 172. The van der Waals surface area contributed by atoms with E-state index in [1.54, 1.807) is 0 Å². The van der Waals surface area contributed by atoms with Crippen LogP contribution < -0.4 is 4.90 Å². The van der Waals surface area contributed by atoms with Crippen molar-refractivity contribution in [1.29, 1.82) is 0 Å². The average molecular weight is 1700 g/mol. The van der Waals surface area contributed by atoms with Crippen LogP contribution in [0, 0.1) is 0 Å². The number of benzene rings is 20. The molecular formula is C123H78N10. The number of hydrogen-bond acceptors (Lipinski definition) is 4. The molecule has 0 aliphatic heterocycles. The Hall–Kier alpha value is -18.0. The Morgan fingerprint density at radius 3 is 0.602 bits per heavy atom. The molecule has 20 aromatic carbocycles. The van der Waals surface area contributed by atoms with Crippen molar-refractivity contribution >= 4 is 148 Å². The van der Waals surface area contributed by atoms with Crippen molar-refractivity contribution in [2.75, 3.05) is 4.90 Å². The van der Waals surface area contributed by atoms with Crippen molar-refractivity contribution in [2.45, 2.75) is 0 Å². The number of fused-ring (bicyclic) bond motifs is 18. The van der Waals surface area contributed by atoms with Gasteiger partial charge in [0.05, 0.1) is 66.2 Å². The minimum atomic E-state index is 0.536. The highest BCUT2D eigenvalue weighted by molar-refractivity contribution is 6.18. The second kappa shape index (κ2) is 30.4. The third kappa shape index (κ3) is 12.2. The zero-order valence-corrected chi connectivity index (χ0v) is 72.0. The summed E-state index contributed by atoms with van der Waals surface area (Å²) in [7, 11) is 0. The molecule has 0 saturated carbocycles. The lowest BCUT2D eigenvalue weighted by Crippen LogP contribution is -2.09. The highest BCUT2D eigenvalue weighted by Gasteiger charge is 2.26. The Balaban J connectivity index is 0.623. The summed E-state index contributed by atoms with van der Waals surface area (Å²) in [5, 5.41) is 14.1. The third-order valence-corrected chi connectivity index (χ3v) is 27.2. The maximum absolute atomic E-state index is 5.67. The zero-order chi connectivity index (χ0) is 87.3. The van der Waals surface area contributed by atoms with Crippen LogP contribution in [0.2, 0.25) is 0 Å². The predicted octanol–water partition coefficient (Wildman–Crippen LogP) is 31.9. The lowest BCUT2D eigenvalue weighted by molar-refractivity contribution is 1.07. The molecular weight excluding hydrogens is 1620 g/mol. The Morgan fingerprint density at radius 1 is 0.128 bits per heavy atom. The summed E-state index contributed by atoms with van der Waals surface area (Å²) in [6.07, 6.45) is 0. The first-order valence-corrected chi connectivity index (χ1v) is 45.4. The highest BCUT2D eigenvalue weighted by atomic mass is 15.1. The molecule has 0 saturated heterocycles. The molecule has 0 aliphatic rings. The fourth-order valence-electron chi connectivity index (χ4n) is 21.2. The second-order valence-electron chi connectivity index (χ2n) is 34.7. The number of nitrogens with zero attached hydrogens (tertiary/aromatic N) is 10. The highest BCUT2D eigenvalue weighted by Crippen LogP contribution is 2.47. The molecule has 0 bridgehead atoms. The van der Waals surface area contributed by atoms with Crippen LogP contribution in [0.25, 0.3) is 233 Å². The van der Waals surface area contributed by atoms with E-state index in [1.165, 1.54) is 54.4 Å². The zero-order valence-electron chi connectivity index (χ0n) is 72.0. The Labute approximate surface area is 764 Å². The molecule has 0 N–H and O–H groups in total. The fourth-order valence-corrected chi connectivity index (χ4v) is 21.2. The van der Waals surface area contributed by atoms with Gasteiger partial charge in [0.1, 0.15) is 0 Å². The Kier molecular flexibility index (Phi) is 17.2. The van der Waals surface area contributed by atoms with Gasteiger partial charge in [-0.15, -0.1) is 0 Å². The van der Waals surface area contributed by atoms with Crippen molar-refractivity contribution in [3.05, 3.63) is 473 Å². The molecule has 620 valence electrons. The average Bonchev–Trinajstić information content (AvgIpc) is 1.58.